The van der Waals surface area contributed by atoms with Gasteiger partial charge in [0.05, 0.1) is 7.11 Å². The molecule has 0 aliphatic rings. The first-order valence-corrected chi connectivity index (χ1v) is 6.01. The summed E-state index contributed by atoms with van der Waals surface area (Å²) in [6.07, 6.45) is 3.77. The number of hydrogen-bond acceptors (Lipinski definition) is 3. The third kappa shape index (κ3) is 2.58. The zero-order valence-corrected chi connectivity index (χ0v) is 10.2. The van der Waals surface area contributed by atoms with Crippen LogP contribution >= 0.6 is 11.8 Å². The number of thioether (sulfide) groups is 1. The Morgan fingerprint density at radius 3 is 2.62 bits per heavy atom. The average Bonchev–Trinajstić information content (AvgIpc) is 2.73. The third-order valence-electron chi connectivity index (χ3n) is 2.30. The second kappa shape index (κ2) is 5.07. The Kier molecular flexibility index (Phi) is 3.51. The summed E-state index contributed by atoms with van der Waals surface area (Å²) in [6, 6.07) is 8.12. The standard InChI is InChI=1S/C12H14N2OS/c1-14-8-7-13-12(14)16-9-10-3-5-11(15-2)6-4-10/h3-8H,9H2,1-2H3. The molecule has 0 spiro atoms. The molecule has 0 fully saturated rings. The minimum atomic E-state index is 0.894. The summed E-state index contributed by atoms with van der Waals surface area (Å²) in [6.45, 7) is 0. The van der Waals surface area contributed by atoms with Gasteiger partial charge in [0.2, 0.25) is 0 Å². The minimum Gasteiger partial charge on any atom is -0.497 e. The normalized spacial score (nSPS) is 10.4. The molecule has 84 valence electrons. The SMILES string of the molecule is COc1ccc(CSc2nccn2C)cc1. The Morgan fingerprint density at radius 1 is 1.31 bits per heavy atom. The van der Waals surface area contributed by atoms with Gasteiger partial charge in [0, 0.05) is 25.2 Å². The molecular formula is C12H14N2OS. The molecule has 0 unspecified atom stereocenters. The molecule has 1 aromatic heterocycles. The summed E-state index contributed by atoms with van der Waals surface area (Å²) in [5.74, 6) is 1.82. The van der Waals surface area contributed by atoms with Crippen molar-refractivity contribution in [1.29, 1.82) is 0 Å². The second-order valence-corrected chi connectivity index (χ2v) is 4.40. The van der Waals surface area contributed by atoms with E-state index in [-0.39, 0.29) is 0 Å². The van der Waals surface area contributed by atoms with Crippen LogP contribution in [0.4, 0.5) is 0 Å². The van der Waals surface area contributed by atoms with E-state index in [9.17, 15) is 0 Å². The van der Waals surface area contributed by atoms with E-state index in [0.29, 0.717) is 0 Å². The molecule has 2 rings (SSSR count). The van der Waals surface area contributed by atoms with Crippen LogP contribution in [-0.2, 0) is 12.8 Å². The van der Waals surface area contributed by atoms with Gasteiger partial charge in [-0.05, 0) is 17.7 Å². The van der Waals surface area contributed by atoms with Gasteiger partial charge in [-0.15, -0.1) is 0 Å². The van der Waals surface area contributed by atoms with E-state index in [2.05, 4.69) is 17.1 Å². The van der Waals surface area contributed by atoms with Crippen LogP contribution in [-0.4, -0.2) is 16.7 Å². The zero-order chi connectivity index (χ0) is 11.4. The van der Waals surface area contributed by atoms with Crippen molar-refractivity contribution in [2.75, 3.05) is 7.11 Å². The van der Waals surface area contributed by atoms with Crippen molar-refractivity contribution >= 4 is 11.8 Å². The maximum atomic E-state index is 5.12. The van der Waals surface area contributed by atoms with Gasteiger partial charge in [0.15, 0.2) is 5.16 Å². The summed E-state index contributed by atoms with van der Waals surface area (Å²) < 4.78 is 7.14. The molecular weight excluding hydrogens is 220 g/mol. The topological polar surface area (TPSA) is 27.1 Å². The number of methoxy groups -OCH3 is 1. The van der Waals surface area contributed by atoms with E-state index in [0.717, 1.165) is 16.7 Å². The van der Waals surface area contributed by atoms with Gasteiger partial charge in [0.1, 0.15) is 5.75 Å². The van der Waals surface area contributed by atoms with Crippen LogP contribution in [0.5, 0.6) is 5.75 Å². The van der Waals surface area contributed by atoms with Crippen LogP contribution in [0.25, 0.3) is 0 Å². The lowest BCUT2D eigenvalue weighted by Crippen LogP contribution is -1.90. The molecule has 0 aliphatic carbocycles. The molecule has 0 saturated heterocycles. The number of nitrogens with zero attached hydrogens (tertiary/aromatic N) is 2. The van der Waals surface area contributed by atoms with E-state index < -0.39 is 0 Å². The molecule has 0 amide bonds. The van der Waals surface area contributed by atoms with Crippen LogP contribution < -0.4 is 4.74 Å². The summed E-state index contributed by atoms with van der Waals surface area (Å²) in [7, 11) is 3.68. The highest BCUT2D eigenvalue weighted by Gasteiger charge is 2.01. The number of aromatic nitrogens is 2. The molecule has 1 heterocycles. The van der Waals surface area contributed by atoms with Gasteiger partial charge in [0.25, 0.3) is 0 Å². The molecule has 0 radical (unpaired) electrons. The highest BCUT2D eigenvalue weighted by Crippen LogP contribution is 2.21. The molecule has 2 aromatic rings. The highest BCUT2D eigenvalue weighted by atomic mass is 32.2. The third-order valence-corrected chi connectivity index (χ3v) is 3.43. The largest absolute Gasteiger partial charge is 0.497 e. The molecule has 0 bridgehead atoms. The van der Waals surface area contributed by atoms with Gasteiger partial charge in [-0.25, -0.2) is 4.98 Å². The first-order chi connectivity index (χ1) is 7.79. The number of aryl methyl sites for hydroxylation is 1. The molecule has 3 nitrogen and oxygen atoms in total. The van der Waals surface area contributed by atoms with E-state index in [1.165, 1.54) is 5.56 Å². The fraction of sp³-hybridized carbons (Fsp3) is 0.250. The van der Waals surface area contributed by atoms with Crippen molar-refractivity contribution < 1.29 is 4.74 Å². The van der Waals surface area contributed by atoms with E-state index >= 15 is 0 Å². The number of benzene rings is 1. The van der Waals surface area contributed by atoms with Crippen LogP contribution in [0, 0.1) is 0 Å². The summed E-state index contributed by atoms with van der Waals surface area (Å²) in [4.78, 5) is 4.27. The Morgan fingerprint density at radius 2 is 2.06 bits per heavy atom. The molecule has 4 heteroatoms. The number of imidazole rings is 1. The molecule has 0 aliphatic heterocycles. The Labute approximate surface area is 99.5 Å². The molecule has 0 atom stereocenters. The first kappa shape index (κ1) is 11.1. The van der Waals surface area contributed by atoms with Gasteiger partial charge < -0.3 is 9.30 Å². The lowest BCUT2D eigenvalue weighted by atomic mass is 10.2. The second-order valence-electron chi connectivity index (χ2n) is 3.46. The highest BCUT2D eigenvalue weighted by molar-refractivity contribution is 7.98. The van der Waals surface area contributed by atoms with Gasteiger partial charge >= 0.3 is 0 Å². The van der Waals surface area contributed by atoms with Crippen molar-refractivity contribution in [3.8, 4) is 5.75 Å². The van der Waals surface area contributed by atoms with Crippen LogP contribution in [0.3, 0.4) is 0 Å². The molecule has 1 aromatic carbocycles. The van der Waals surface area contributed by atoms with Crippen LogP contribution in [0.2, 0.25) is 0 Å². The van der Waals surface area contributed by atoms with Crippen molar-refractivity contribution in [1.82, 2.24) is 9.55 Å². The van der Waals surface area contributed by atoms with Crippen molar-refractivity contribution in [2.24, 2.45) is 7.05 Å². The van der Waals surface area contributed by atoms with Crippen LogP contribution in [0.15, 0.2) is 41.8 Å². The van der Waals surface area contributed by atoms with Gasteiger partial charge in [-0.1, -0.05) is 23.9 Å². The van der Waals surface area contributed by atoms with E-state index in [4.69, 9.17) is 4.74 Å². The molecule has 16 heavy (non-hydrogen) atoms. The fourth-order valence-electron chi connectivity index (χ4n) is 1.36. The summed E-state index contributed by atoms with van der Waals surface area (Å²) >= 11 is 1.73. The maximum Gasteiger partial charge on any atom is 0.167 e. The smallest absolute Gasteiger partial charge is 0.167 e. The Hall–Kier alpha value is -1.42. The zero-order valence-electron chi connectivity index (χ0n) is 9.38. The number of hydrogen-bond donors (Lipinski definition) is 0. The molecule has 0 saturated carbocycles. The minimum absolute atomic E-state index is 0.894. The van der Waals surface area contributed by atoms with E-state index in [1.54, 1.807) is 18.9 Å². The van der Waals surface area contributed by atoms with Crippen molar-refractivity contribution in [2.45, 2.75) is 10.9 Å². The average molecular weight is 234 g/mol. The molecule has 0 N–H and O–H groups in total. The maximum absolute atomic E-state index is 5.12. The van der Waals surface area contributed by atoms with Crippen LogP contribution in [0.1, 0.15) is 5.56 Å². The van der Waals surface area contributed by atoms with Gasteiger partial charge in [-0.3, -0.25) is 0 Å². The lowest BCUT2D eigenvalue weighted by molar-refractivity contribution is 0.414. The van der Waals surface area contributed by atoms with Crippen molar-refractivity contribution in [3.63, 3.8) is 0 Å². The predicted molar refractivity (Wildman–Crippen MR) is 65.8 cm³/mol. The van der Waals surface area contributed by atoms with Gasteiger partial charge in [-0.2, -0.15) is 0 Å². The number of ether oxygens (including phenoxy) is 1. The number of rotatable bonds is 4. The van der Waals surface area contributed by atoms with E-state index in [1.807, 2.05) is 36.1 Å². The quantitative estimate of drug-likeness (QED) is 0.761. The Bertz CT molecular complexity index is 450. The lowest BCUT2D eigenvalue weighted by Gasteiger charge is -2.03. The summed E-state index contributed by atoms with van der Waals surface area (Å²) in [5, 5.41) is 1.04. The Balaban J connectivity index is 1.97. The first-order valence-electron chi connectivity index (χ1n) is 5.02. The predicted octanol–water partition coefficient (Wildman–Crippen LogP) is 2.72. The summed E-state index contributed by atoms with van der Waals surface area (Å²) in [5.41, 5.74) is 1.27. The monoisotopic (exact) mass is 234 g/mol. The fourth-order valence-corrected chi connectivity index (χ4v) is 2.25. The van der Waals surface area contributed by atoms with Crippen molar-refractivity contribution in [3.05, 3.63) is 42.2 Å².